The van der Waals surface area contributed by atoms with Gasteiger partial charge >= 0.3 is 0 Å². The highest BCUT2D eigenvalue weighted by atomic mass is 16.1. The lowest BCUT2D eigenvalue weighted by Crippen LogP contribution is -1.92. The molecule has 0 aliphatic heterocycles. The van der Waals surface area contributed by atoms with Gasteiger partial charge in [0.05, 0.1) is 5.69 Å². The molecule has 1 aromatic carbocycles. The average Bonchev–Trinajstić information content (AvgIpc) is 2.70. The molecule has 0 bridgehead atoms. The van der Waals surface area contributed by atoms with E-state index in [1.54, 1.807) is 0 Å². The number of carbonyl (C=O) groups is 1. The molecule has 0 aliphatic rings. The van der Waals surface area contributed by atoms with Crippen LogP contribution in [0, 0.1) is 6.92 Å². The largest absolute Gasteiger partial charge is 0.298 e. The van der Waals surface area contributed by atoms with Gasteiger partial charge in [-0.05, 0) is 30.5 Å². The van der Waals surface area contributed by atoms with Crippen molar-refractivity contribution in [1.82, 2.24) is 9.78 Å². The molecular weight excluding hydrogens is 224 g/mol. The van der Waals surface area contributed by atoms with Crippen molar-refractivity contribution in [3.05, 3.63) is 41.2 Å². The van der Waals surface area contributed by atoms with Crippen LogP contribution >= 0.6 is 0 Å². The van der Waals surface area contributed by atoms with Gasteiger partial charge < -0.3 is 0 Å². The predicted octanol–water partition coefficient (Wildman–Crippen LogP) is 3.16. The van der Waals surface area contributed by atoms with Crippen molar-refractivity contribution in [3.8, 4) is 11.1 Å². The molecule has 0 spiro atoms. The lowest BCUT2D eigenvalue weighted by Gasteiger charge is -2.06. The van der Waals surface area contributed by atoms with Crippen molar-refractivity contribution in [3.63, 3.8) is 0 Å². The Morgan fingerprint density at radius 1 is 1.33 bits per heavy atom. The molecule has 3 nitrogen and oxygen atoms in total. The third-order valence-corrected chi connectivity index (χ3v) is 3.07. The number of carbonyl (C=O) groups excluding carboxylic acids is 1. The number of aryl methyl sites for hydroxylation is 3. The first-order valence-electron chi connectivity index (χ1n) is 6.24. The minimum Gasteiger partial charge on any atom is -0.298 e. The van der Waals surface area contributed by atoms with Crippen LogP contribution in [-0.4, -0.2) is 16.1 Å². The summed E-state index contributed by atoms with van der Waals surface area (Å²) in [7, 11) is 1.94. The fraction of sp³-hybridized carbons (Fsp3) is 0.333. The van der Waals surface area contributed by atoms with Crippen LogP contribution in [0.25, 0.3) is 11.1 Å². The summed E-state index contributed by atoms with van der Waals surface area (Å²) in [6, 6.07) is 5.79. The molecule has 1 heterocycles. The van der Waals surface area contributed by atoms with E-state index in [0.29, 0.717) is 0 Å². The Morgan fingerprint density at radius 2 is 2.11 bits per heavy atom. The highest BCUT2D eigenvalue weighted by Gasteiger charge is 2.11. The summed E-state index contributed by atoms with van der Waals surface area (Å²) in [6.07, 6.45) is 4.99. The molecule has 0 unspecified atom stereocenters. The fourth-order valence-corrected chi connectivity index (χ4v) is 2.24. The molecule has 0 radical (unpaired) electrons. The van der Waals surface area contributed by atoms with Gasteiger partial charge in [0, 0.05) is 24.4 Å². The fourth-order valence-electron chi connectivity index (χ4n) is 2.24. The SMILES string of the molecule is CCCc1nn(C)cc1-c1ccc(C=O)cc1C. The summed E-state index contributed by atoms with van der Waals surface area (Å²) in [6.45, 7) is 4.19. The van der Waals surface area contributed by atoms with Crippen LogP contribution in [0.1, 0.15) is 35.0 Å². The van der Waals surface area contributed by atoms with E-state index in [-0.39, 0.29) is 0 Å². The van der Waals surface area contributed by atoms with E-state index in [9.17, 15) is 4.79 Å². The molecule has 0 saturated carbocycles. The van der Waals surface area contributed by atoms with Crippen molar-refractivity contribution >= 4 is 6.29 Å². The van der Waals surface area contributed by atoms with Crippen molar-refractivity contribution in [2.75, 3.05) is 0 Å². The number of hydrogen-bond acceptors (Lipinski definition) is 2. The van der Waals surface area contributed by atoms with E-state index in [1.165, 1.54) is 5.56 Å². The predicted molar refractivity (Wildman–Crippen MR) is 72.8 cm³/mol. The zero-order valence-electron chi connectivity index (χ0n) is 11.1. The second-order valence-electron chi connectivity index (χ2n) is 4.61. The first-order chi connectivity index (χ1) is 8.65. The molecule has 0 atom stereocenters. The van der Waals surface area contributed by atoms with Gasteiger partial charge in [0.25, 0.3) is 0 Å². The van der Waals surface area contributed by atoms with E-state index in [1.807, 2.05) is 43.0 Å². The smallest absolute Gasteiger partial charge is 0.150 e. The van der Waals surface area contributed by atoms with E-state index >= 15 is 0 Å². The number of aldehydes is 1. The van der Waals surface area contributed by atoms with Crippen LogP contribution in [-0.2, 0) is 13.5 Å². The maximum absolute atomic E-state index is 10.8. The molecule has 94 valence electrons. The van der Waals surface area contributed by atoms with Crippen molar-refractivity contribution in [2.45, 2.75) is 26.7 Å². The highest BCUT2D eigenvalue weighted by molar-refractivity contribution is 5.79. The maximum Gasteiger partial charge on any atom is 0.150 e. The summed E-state index contributed by atoms with van der Waals surface area (Å²) >= 11 is 0. The molecular formula is C15H18N2O. The van der Waals surface area contributed by atoms with E-state index in [2.05, 4.69) is 12.0 Å². The summed E-state index contributed by atoms with van der Waals surface area (Å²) in [5, 5.41) is 4.51. The summed E-state index contributed by atoms with van der Waals surface area (Å²) in [5.74, 6) is 0. The standard InChI is InChI=1S/C15H18N2O/c1-4-5-15-14(9-17(3)16-15)13-7-6-12(10-18)8-11(13)2/h6-10H,4-5H2,1-3H3. The van der Waals surface area contributed by atoms with Gasteiger partial charge in [0.15, 0.2) is 0 Å². The number of benzene rings is 1. The lowest BCUT2D eigenvalue weighted by molar-refractivity contribution is 0.112. The van der Waals surface area contributed by atoms with Crippen LogP contribution < -0.4 is 0 Å². The summed E-state index contributed by atoms with van der Waals surface area (Å²) in [4.78, 5) is 10.8. The van der Waals surface area contributed by atoms with E-state index in [4.69, 9.17) is 0 Å². The first-order valence-corrected chi connectivity index (χ1v) is 6.24. The molecule has 0 N–H and O–H groups in total. The Hall–Kier alpha value is -1.90. The second-order valence-corrected chi connectivity index (χ2v) is 4.61. The van der Waals surface area contributed by atoms with Crippen LogP contribution in [0.15, 0.2) is 24.4 Å². The van der Waals surface area contributed by atoms with Crippen LogP contribution in [0.4, 0.5) is 0 Å². The normalized spacial score (nSPS) is 10.6. The number of rotatable bonds is 4. The van der Waals surface area contributed by atoms with Crippen molar-refractivity contribution < 1.29 is 4.79 Å². The average molecular weight is 242 g/mol. The van der Waals surface area contributed by atoms with Gasteiger partial charge in [0.2, 0.25) is 0 Å². The number of nitrogens with zero attached hydrogens (tertiary/aromatic N) is 2. The Labute approximate surface area is 107 Å². The molecule has 18 heavy (non-hydrogen) atoms. The first kappa shape index (κ1) is 12.6. The van der Waals surface area contributed by atoms with Crippen molar-refractivity contribution in [1.29, 1.82) is 0 Å². The van der Waals surface area contributed by atoms with Gasteiger partial charge in [-0.1, -0.05) is 25.5 Å². The van der Waals surface area contributed by atoms with Gasteiger partial charge in [-0.25, -0.2) is 0 Å². The molecule has 0 aliphatic carbocycles. The van der Waals surface area contributed by atoms with Crippen LogP contribution in [0.3, 0.4) is 0 Å². The molecule has 2 rings (SSSR count). The number of aromatic nitrogens is 2. The molecule has 3 heteroatoms. The molecule has 2 aromatic rings. The quantitative estimate of drug-likeness (QED) is 0.772. The summed E-state index contributed by atoms with van der Waals surface area (Å²) in [5.41, 5.74) is 5.30. The zero-order chi connectivity index (χ0) is 13.1. The molecule has 0 amide bonds. The summed E-state index contributed by atoms with van der Waals surface area (Å²) < 4.78 is 1.85. The van der Waals surface area contributed by atoms with E-state index in [0.717, 1.165) is 41.5 Å². The molecule has 1 aromatic heterocycles. The van der Waals surface area contributed by atoms with Gasteiger partial charge in [-0.2, -0.15) is 5.10 Å². The Morgan fingerprint density at radius 3 is 2.72 bits per heavy atom. The highest BCUT2D eigenvalue weighted by Crippen LogP contribution is 2.27. The van der Waals surface area contributed by atoms with E-state index < -0.39 is 0 Å². The van der Waals surface area contributed by atoms with Gasteiger partial charge in [-0.15, -0.1) is 0 Å². The van der Waals surface area contributed by atoms with Crippen molar-refractivity contribution in [2.24, 2.45) is 7.05 Å². The molecule has 0 fully saturated rings. The third kappa shape index (κ3) is 2.35. The minimum absolute atomic E-state index is 0.720. The maximum atomic E-state index is 10.8. The number of hydrogen-bond donors (Lipinski definition) is 0. The minimum atomic E-state index is 0.720. The second kappa shape index (κ2) is 5.17. The Kier molecular flexibility index (Phi) is 3.60. The Balaban J connectivity index is 2.50. The Bertz CT molecular complexity index is 570. The monoisotopic (exact) mass is 242 g/mol. The zero-order valence-corrected chi connectivity index (χ0v) is 11.1. The van der Waals surface area contributed by atoms with Crippen LogP contribution in [0.5, 0.6) is 0 Å². The van der Waals surface area contributed by atoms with Gasteiger partial charge in [0.1, 0.15) is 6.29 Å². The molecule has 0 saturated heterocycles. The van der Waals surface area contributed by atoms with Crippen LogP contribution in [0.2, 0.25) is 0 Å². The topological polar surface area (TPSA) is 34.9 Å². The lowest BCUT2D eigenvalue weighted by atomic mass is 9.98. The van der Waals surface area contributed by atoms with Gasteiger partial charge in [-0.3, -0.25) is 9.48 Å². The third-order valence-electron chi connectivity index (χ3n) is 3.07.